The summed E-state index contributed by atoms with van der Waals surface area (Å²) in [5, 5.41) is 0. The summed E-state index contributed by atoms with van der Waals surface area (Å²) in [4.78, 5) is 16.5. The lowest BCUT2D eigenvalue weighted by Gasteiger charge is -2.54. The van der Waals surface area contributed by atoms with Crippen LogP contribution in [0.25, 0.3) is 0 Å². The van der Waals surface area contributed by atoms with Crippen LogP contribution in [-0.2, 0) is 14.0 Å². The number of benzene rings is 1. The Bertz CT molecular complexity index is 799. The van der Waals surface area contributed by atoms with Crippen molar-refractivity contribution >= 4 is 24.4 Å². The smallest absolute Gasteiger partial charge is 0.444 e. The molecule has 3 aliphatic rings. The highest BCUT2D eigenvalue weighted by Crippen LogP contribution is 2.42. The van der Waals surface area contributed by atoms with Crippen molar-refractivity contribution in [1.29, 1.82) is 0 Å². The maximum atomic E-state index is 12.2. The van der Waals surface area contributed by atoms with Gasteiger partial charge in [0.25, 0.3) is 0 Å². The van der Waals surface area contributed by atoms with E-state index in [1.165, 1.54) is 5.69 Å². The third-order valence-electron chi connectivity index (χ3n) is 7.31. The molecule has 0 unspecified atom stereocenters. The fourth-order valence-corrected chi connectivity index (χ4v) is 4.60. The lowest BCUT2D eigenvalue weighted by atomic mass is 9.72. The normalized spacial score (nSPS) is 24.3. The van der Waals surface area contributed by atoms with Crippen LogP contribution in [0.15, 0.2) is 24.3 Å². The Kier molecular flexibility index (Phi) is 5.37. The van der Waals surface area contributed by atoms with Crippen LogP contribution < -0.4 is 10.4 Å². The van der Waals surface area contributed by atoms with Gasteiger partial charge in [-0.25, -0.2) is 4.79 Å². The van der Waals surface area contributed by atoms with Crippen molar-refractivity contribution in [2.24, 2.45) is 5.41 Å². The van der Waals surface area contributed by atoms with E-state index < -0.39 is 5.60 Å². The van der Waals surface area contributed by atoms with E-state index >= 15 is 0 Å². The zero-order chi connectivity index (χ0) is 22.7. The summed E-state index contributed by atoms with van der Waals surface area (Å²) in [6, 6.07) is 8.59. The Morgan fingerprint density at radius 2 is 1.48 bits per heavy atom. The first-order chi connectivity index (χ1) is 14.3. The van der Waals surface area contributed by atoms with Gasteiger partial charge < -0.3 is 23.8 Å². The molecule has 0 N–H and O–H groups in total. The molecule has 7 heteroatoms. The highest BCUT2D eigenvalue weighted by atomic mass is 16.7. The van der Waals surface area contributed by atoms with Crippen LogP contribution in [0.1, 0.15) is 61.3 Å². The number of piperidine rings is 1. The number of nitrogens with zero attached hydrogens (tertiary/aromatic N) is 2. The molecule has 0 bridgehead atoms. The summed E-state index contributed by atoms with van der Waals surface area (Å²) in [5.74, 6) is 0. The first kappa shape index (κ1) is 22.5. The molecule has 0 saturated carbocycles. The third kappa shape index (κ3) is 4.44. The average Bonchev–Trinajstić information content (AvgIpc) is 2.86. The Morgan fingerprint density at radius 1 is 0.968 bits per heavy atom. The van der Waals surface area contributed by atoms with Crippen LogP contribution in [0.5, 0.6) is 0 Å². The molecule has 0 radical (unpaired) electrons. The number of likely N-dealkylation sites (tertiary alicyclic amines) is 1. The van der Waals surface area contributed by atoms with E-state index in [1.807, 2.05) is 25.7 Å². The topological polar surface area (TPSA) is 51.2 Å². The second-order valence-electron chi connectivity index (χ2n) is 11.5. The van der Waals surface area contributed by atoms with E-state index in [0.717, 1.165) is 44.5 Å². The largest absolute Gasteiger partial charge is 0.494 e. The van der Waals surface area contributed by atoms with Crippen LogP contribution in [0.4, 0.5) is 10.5 Å². The Balaban J connectivity index is 1.30. The van der Waals surface area contributed by atoms with Crippen molar-refractivity contribution in [1.82, 2.24) is 4.90 Å². The Hall–Kier alpha value is -1.73. The van der Waals surface area contributed by atoms with Gasteiger partial charge in [-0.15, -0.1) is 0 Å². The predicted molar refractivity (Wildman–Crippen MR) is 124 cm³/mol. The quantitative estimate of drug-likeness (QED) is 0.671. The van der Waals surface area contributed by atoms with Gasteiger partial charge in [-0.3, -0.25) is 0 Å². The van der Waals surface area contributed by atoms with Crippen molar-refractivity contribution in [2.75, 3.05) is 31.1 Å². The average molecular weight is 428 g/mol. The lowest BCUT2D eigenvalue weighted by molar-refractivity contribution is -0.0434. The maximum absolute atomic E-state index is 12.2. The molecular formula is C24H37BN2O4. The lowest BCUT2D eigenvalue weighted by Crippen LogP contribution is -2.62. The van der Waals surface area contributed by atoms with Crippen molar-refractivity contribution in [3.8, 4) is 0 Å². The SMILES string of the molecule is CC(C)(C)OC(=O)N1CC2(CCN(c3ccc(B4OC(C)(C)C(C)(C)O4)cc3)CC2)C1. The van der Waals surface area contributed by atoms with E-state index in [4.69, 9.17) is 14.0 Å². The molecule has 1 amide bonds. The van der Waals surface area contributed by atoms with Crippen LogP contribution in [0.2, 0.25) is 0 Å². The maximum Gasteiger partial charge on any atom is 0.494 e. The number of carbonyl (C=O) groups is 1. The molecule has 4 rings (SSSR count). The van der Waals surface area contributed by atoms with E-state index in [-0.39, 0.29) is 29.8 Å². The number of carbonyl (C=O) groups excluding carboxylic acids is 1. The van der Waals surface area contributed by atoms with E-state index in [9.17, 15) is 4.79 Å². The van der Waals surface area contributed by atoms with Gasteiger partial charge in [-0.1, -0.05) is 12.1 Å². The van der Waals surface area contributed by atoms with Gasteiger partial charge in [0.15, 0.2) is 0 Å². The monoisotopic (exact) mass is 428 g/mol. The molecule has 6 nitrogen and oxygen atoms in total. The molecule has 0 aliphatic carbocycles. The molecule has 0 aromatic heterocycles. The summed E-state index contributed by atoms with van der Waals surface area (Å²) >= 11 is 0. The molecule has 0 atom stereocenters. The van der Waals surface area contributed by atoms with Gasteiger partial charge in [-0.2, -0.15) is 0 Å². The van der Waals surface area contributed by atoms with E-state index in [0.29, 0.717) is 0 Å². The first-order valence-electron chi connectivity index (χ1n) is 11.5. The number of ether oxygens (including phenoxy) is 1. The van der Waals surface area contributed by atoms with Crippen molar-refractivity contribution in [3.63, 3.8) is 0 Å². The zero-order valence-electron chi connectivity index (χ0n) is 20.2. The van der Waals surface area contributed by atoms with Crippen molar-refractivity contribution < 1.29 is 18.8 Å². The molecule has 3 heterocycles. The summed E-state index contributed by atoms with van der Waals surface area (Å²) in [6.45, 7) is 17.7. The van der Waals surface area contributed by atoms with Crippen molar-refractivity contribution in [2.45, 2.75) is 78.1 Å². The minimum absolute atomic E-state index is 0.182. The summed E-state index contributed by atoms with van der Waals surface area (Å²) < 4.78 is 17.8. The van der Waals surface area contributed by atoms with Gasteiger partial charge in [0, 0.05) is 37.3 Å². The molecule has 1 spiro atoms. The summed E-state index contributed by atoms with van der Waals surface area (Å²) in [7, 11) is -0.322. The molecule has 1 aromatic rings. The van der Waals surface area contributed by atoms with Gasteiger partial charge in [0.1, 0.15) is 5.60 Å². The minimum Gasteiger partial charge on any atom is -0.444 e. The number of hydrogen-bond acceptors (Lipinski definition) is 5. The minimum atomic E-state index is -0.435. The Labute approximate surface area is 187 Å². The molecular weight excluding hydrogens is 391 g/mol. The van der Waals surface area contributed by atoms with E-state index in [2.05, 4.69) is 56.9 Å². The first-order valence-corrected chi connectivity index (χ1v) is 11.5. The molecule has 3 aliphatic heterocycles. The second kappa shape index (κ2) is 7.41. The summed E-state index contributed by atoms with van der Waals surface area (Å²) in [6.07, 6.45) is 2.02. The van der Waals surface area contributed by atoms with Gasteiger partial charge in [-0.05, 0) is 78.9 Å². The highest BCUT2D eigenvalue weighted by molar-refractivity contribution is 6.62. The van der Waals surface area contributed by atoms with Crippen LogP contribution in [-0.4, -0.2) is 61.1 Å². The van der Waals surface area contributed by atoms with Crippen LogP contribution in [0, 0.1) is 5.41 Å². The van der Waals surface area contributed by atoms with Crippen LogP contribution in [0.3, 0.4) is 0 Å². The zero-order valence-corrected chi connectivity index (χ0v) is 20.2. The molecule has 1 aromatic carbocycles. The highest BCUT2D eigenvalue weighted by Gasteiger charge is 2.52. The Morgan fingerprint density at radius 3 is 1.97 bits per heavy atom. The van der Waals surface area contributed by atoms with Crippen LogP contribution >= 0.6 is 0 Å². The van der Waals surface area contributed by atoms with Gasteiger partial charge in [0.2, 0.25) is 0 Å². The molecule has 3 saturated heterocycles. The number of rotatable bonds is 2. The van der Waals surface area contributed by atoms with Gasteiger partial charge in [0.05, 0.1) is 11.2 Å². The molecule has 3 fully saturated rings. The number of amides is 1. The standard InChI is InChI=1S/C24H37BN2O4/c1-21(2,3)29-20(28)27-16-24(17-27)12-14-26(15-13-24)19-10-8-18(9-11-19)25-30-22(4,5)23(6,7)31-25/h8-11H,12-17H2,1-7H3. The third-order valence-corrected chi connectivity index (χ3v) is 7.31. The number of hydrogen-bond donors (Lipinski definition) is 0. The fraction of sp³-hybridized carbons (Fsp3) is 0.708. The van der Waals surface area contributed by atoms with Crippen molar-refractivity contribution in [3.05, 3.63) is 24.3 Å². The summed E-state index contributed by atoms with van der Waals surface area (Å²) in [5.41, 5.74) is 1.47. The number of anilines is 1. The second-order valence-corrected chi connectivity index (χ2v) is 11.5. The predicted octanol–water partition coefficient (Wildman–Crippen LogP) is 3.82. The molecule has 170 valence electrons. The van der Waals surface area contributed by atoms with E-state index in [1.54, 1.807) is 0 Å². The molecule has 31 heavy (non-hydrogen) atoms. The van der Waals surface area contributed by atoms with Gasteiger partial charge >= 0.3 is 13.2 Å². The fourth-order valence-electron chi connectivity index (χ4n) is 4.60.